The topological polar surface area (TPSA) is 103 Å². The van der Waals surface area contributed by atoms with Crippen LogP contribution in [0.1, 0.15) is 50.3 Å². The number of carbonyl (C=O) groups is 2. The van der Waals surface area contributed by atoms with E-state index in [4.69, 9.17) is 4.74 Å². The molecule has 0 bridgehead atoms. The van der Waals surface area contributed by atoms with Crippen molar-refractivity contribution >= 4 is 23.0 Å². The Bertz CT molecular complexity index is 1120. The van der Waals surface area contributed by atoms with Crippen molar-refractivity contribution in [2.75, 3.05) is 6.54 Å². The average Bonchev–Trinajstić information content (AvgIpc) is 3.18. The zero-order valence-electron chi connectivity index (χ0n) is 21.1. The van der Waals surface area contributed by atoms with Crippen LogP contribution in [0.5, 0.6) is 0 Å². The number of carboxylic acids is 1. The van der Waals surface area contributed by atoms with Gasteiger partial charge >= 0.3 is 12.1 Å². The third kappa shape index (κ3) is 8.76. The van der Waals surface area contributed by atoms with Crippen molar-refractivity contribution in [1.82, 2.24) is 15.6 Å². The first-order valence-corrected chi connectivity index (χ1v) is 12.1. The summed E-state index contributed by atoms with van der Waals surface area (Å²) in [5, 5.41) is 17.0. The van der Waals surface area contributed by atoms with Crippen molar-refractivity contribution in [1.29, 1.82) is 0 Å². The summed E-state index contributed by atoms with van der Waals surface area (Å²) in [6.07, 6.45) is 3.55. The van der Waals surface area contributed by atoms with E-state index in [0.29, 0.717) is 13.0 Å². The van der Waals surface area contributed by atoms with Crippen LogP contribution in [0.2, 0.25) is 0 Å². The molecule has 4 N–H and O–H groups in total. The summed E-state index contributed by atoms with van der Waals surface area (Å²) < 4.78 is 5.39. The van der Waals surface area contributed by atoms with Gasteiger partial charge in [0.1, 0.15) is 5.60 Å². The predicted molar refractivity (Wildman–Crippen MR) is 139 cm³/mol. The molecule has 188 valence electrons. The third-order valence-corrected chi connectivity index (χ3v) is 5.83. The van der Waals surface area contributed by atoms with Crippen LogP contribution in [0.15, 0.2) is 54.7 Å². The number of nitrogens with one attached hydrogen (secondary N) is 3. The second kappa shape index (κ2) is 11.9. The number of aromatic amines is 1. The van der Waals surface area contributed by atoms with E-state index >= 15 is 0 Å². The fourth-order valence-electron chi connectivity index (χ4n) is 4.16. The SMILES string of the molecule is Cc1ccc(CCC(CNC(=O)OC(C)(C)C)N[C@@H](CC(=O)O)Cc2c[nH]c3ccccc23)cc1. The molecule has 7 heteroatoms. The molecule has 0 radical (unpaired) electrons. The van der Waals surface area contributed by atoms with Crippen LogP contribution in [0, 0.1) is 6.92 Å². The highest BCUT2D eigenvalue weighted by Gasteiger charge is 2.22. The lowest BCUT2D eigenvalue weighted by molar-refractivity contribution is -0.137. The van der Waals surface area contributed by atoms with Gasteiger partial charge < -0.3 is 25.5 Å². The summed E-state index contributed by atoms with van der Waals surface area (Å²) in [6.45, 7) is 7.86. The standard InChI is InChI=1S/C28H37N3O4/c1-19-9-11-20(12-10-19)13-14-22(18-30-27(34)35-28(2,3)4)31-23(16-26(32)33)15-21-17-29-25-8-6-5-7-24(21)25/h5-12,17,22-23,29,31H,13-16,18H2,1-4H3,(H,30,34)(H,32,33)/t22?,23-/m1/s1. The maximum Gasteiger partial charge on any atom is 0.407 e. The molecular formula is C28H37N3O4. The average molecular weight is 480 g/mol. The summed E-state index contributed by atoms with van der Waals surface area (Å²) in [4.78, 5) is 27.2. The Kier molecular flexibility index (Phi) is 8.93. The van der Waals surface area contributed by atoms with E-state index in [1.807, 2.05) is 51.2 Å². The Labute approximate surface area is 207 Å². The van der Waals surface area contributed by atoms with Gasteiger partial charge in [0.05, 0.1) is 6.42 Å². The van der Waals surface area contributed by atoms with Crippen LogP contribution in [-0.2, 0) is 22.4 Å². The van der Waals surface area contributed by atoms with Crippen molar-refractivity contribution in [2.24, 2.45) is 0 Å². The van der Waals surface area contributed by atoms with Crippen molar-refractivity contribution in [3.8, 4) is 0 Å². The minimum atomic E-state index is -0.861. The summed E-state index contributed by atoms with van der Waals surface area (Å²) in [7, 11) is 0. The molecule has 1 amide bonds. The van der Waals surface area contributed by atoms with Gasteiger partial charge in [-0.2, -0.15) is 0 Å². The van der Waals surface area contributed by atoms with Crippen LogP contribution in [0.25, 0.3) is 10.9 Å². The van der Waals surface area contributed by atoms with Crippen LogP contribution in [-0.4, -0.2) is 46.4 Å². The van der Waals surface area contributed by atoms with Gasteiger partial charge in [-0.15, -0.1) is 0 Å². The van der Waals surface area contributed by atoms with Gasteiger partial charge in [0.25, 0.3) is 0 Å². The molecule has 2 atom stereocenters. The molecule has 35 heavy (non-hydrogen) atoms. The first-order valence-electron chi connectivity index (χ1n) is 12.1. The van der Waals surface area contributed by atoms with E-state index in [2.05, 4.69) is 46.8 Å². The molecule has 0 aliphatic carbocycles. The quantitative estimate of drug-likeness (QED) is 0.311. The van der Waals surface area contributed by atoms with Crippen LogP contribution in [0.4, 0.5) is 4.79 Å². The maximum atomic E-state index is 12.3. The fraction of sp³-hybridized carbons (Fsp3) is 0.429. The predicted octanol–water partition coefficient (Wildman–Crippen LogP) is 4.98. The van der Waals surface area contributed by atoms with Crippen molar-refractivity contribution in [3.63, 3.8) is 0 Å². The van der Waals surface area contributed by atoms with Crippen LogP contribution in [0.3, 0.4) is 0 Å². The lowest BCUT2D eigenvalue weighted by Crippen LogP contribution is -2.48. The first-order chi connectivity index (χ1) is 16.6. The normalized spacial score (nSPS) is 13.4. The van der Waals surface area contributed by atoms with Crippen molar-refractivity contribution in [2.45, 2.75) is 71.1 Å². The van der Waals surface area contributed by atoms with E-state index < -0.39 is 17.7 Å². The molecule has 3 rings (SSSR count). The molecular weight excluding hydrogens is 442 g/mol. The third-order valence-electron chi connectivity index (χ3n) is 5.83. The number of rotatable bonds is 11. The molecule has 3 aromatic rings. The number of para-hydroxylation sites is 1. The number of aromatic nitrogens is 1. The molecule has 7 nitrogen and oxygen atoms in total. The number of aryl methyl sites for hydroxylation is 2. The van der Waals surface area contributed by atoms with Gasteiger partial charge in [-0.05, 0) is 64.2 Å². The van der Waals surface area contributed by atoms with Gasteiger partial charge in [-0.25, -0.2) is 4.79 Å². The smallest absolute Gasteiger partial charge is 0.407 e. The number of hydrogen-bond acceptors (Lipinski definition) is 4. The summed E-state index contributed by atoms with van der Waals surface area (Å²) in [5.41, 5.74) is 3.91. The Morgan fingerprint density at radius 2 is 1.77 bits per heavy atom. The number of hydrogen-bond donors (Lipinski definition) is 4. The highest BCUT2D eigenvalue weighted by atomic mass is 16.6. The maximum absolute atomic E-state index is 12.3. The first kappa shape index (κ1) is 26.3. The summed E-state index contributed by atoms with van der Waals surface area (Å²) >= 11 is 0. The largest absolute Gasteiger partial charge is 0.481 e. The molecule has 1 heterocycles. The number of benzene rings is 2. The molecule has 1 unspecified atom stereocenters. The lowest BCUT2D eigenvalue weighted by Gasteiger charge is -2.26. The molecule has 2 aromatic carbocycles. The number of aliphatic carboxylic acids is 1. The van der Waals surface area contributed by atoms with Gasteiger partial charge in [-0.3, -0.25) is 4.79 Å². The van der Waals surface area contributed by atoms with Crippen molar-refractivity contribution in [3.05, 3.63) is 71.4 Å². The Balaban J connectivity index is 1.72. The number of fused-ring (bicyclic) bond motifs is 1. The van der Waals surface area contributed by atoms with E-state index in [1.54, 1.807) is 0 Å². The number of amides is 1. The Hall–Kier alpha value is -3.32. The van der Waals surface area contributed by atoms with Crippen molar-refractivity contribution < 1.29 is 19.4 Å². The molecule has 0 fully saturated rings. The minimum absolute atomic E-state index is 0.0209. The second-order valence-corrected chi connectivity index (χ2v) is 10.1. The number of carboxylic acid groups (broad SMARTS) is 1. The van der Waals surface area contributed by atoms with E-state index in [9.17, 15) is 14.7 Å². The molecule has 0 aliphatic rings. The van der Waals surface area contributed by atoms with E-state index in [0.717, 1.165) is 29.3 Å². The zero-order chi connectivity index (χ0) is 25.4. The molecule has 0 saturated carbocycles. The lowest BCUT2D eigenvalue weighted by atomic mass is 9.99. The Morgan fingerprint density at radius 3 is 2.46 bits per heavy atom. The number of ether oxygens (including phenoxy) is 1. The number of H-pyrrole nitrogens is 1. The van der Waals surface area contributed by atoms with E-state index in [1.165, 1.54) is 11.1 Å². The molecule has 0 aliphatic heterocycles. The zero-order valence-corrected chi connectivity index (χ0v) is 21.1. The van der Waals surface area contributed by atoms with Gasteiger partial charge in [0.15, 0.2) is 0 Å². The summed E-state index contributed by atoms with van der Waals surface area (Å²) in [6, 6.07) is 16.0. The van der Waals surface area contributed by atoms with Crippen LogP contribution >= 0.6 is 0 Å². The summed E-state index contributed by atoms with van der Waals surface area (Å²) in [5.74, 6) is -0.861. The molecule has 0 spiro atoms. The highest BCUT2D eigenvalue weighted by molar-refractivity contribution is 5.83. The van der Waals surface area contributed by atoms with E-state index in [-0.39, 0.29) is 18.5 Å². The molecule has 1 aromatic heterocycles. The molecule has 0 saturated heterocycles. The number of carbonyl (C=O) groups excluding carboxylic acids is 1. The van der Waals surface area contributed by atoms with Gasteiger partial charge in [0.2, 0.25) is 0 Å². The fourth-order valence-corrected chi connectivity index (χ4v) is 4.16. The minimum Gasteiger partial charge on any atom is -0.481 e. The monoisotopic (exact) mass is 479 g/mol. The van der Waals surface area contributed by atoms with Gasteiger partial charge in [-0.1, -0.05) is 48.0 Å². The van der Waals surface area contributed by atoms with Crippen LogP contribution < -0.4 is 10.6 Å². The highest BCUT2D eigenvalue weighted by Crippen LogP contribution is 2.20. The van der Waals surface area contributed by atoms with Gasteiger partial charge in [0, 0.05) is 35.7 Å². The Morgan fingerprint density at radius 1 is 1.06 bits per heavy atom. The second-order valence-electron chi connectivity index (χ2n) is 10.1. The number of alkyl carbamates (subject to hydrolysis) is 1.